The molecule has 6 nitrogen and oxygen atoms in total. The van der Waals surface area contributed by atoms with Crippen LogP contribution < -0.4 is 10.7 Å². The minimum atomic E-state index is -0.337. The summed E-state index contributed by atoms with van der Waals surface area (Å²) in [5.74, 6) is -0.419. The SMILES string of the molecule is CCCCCCCCCCCC(=O)NCC(=O)N/N=C\c1ccncc1. The van der Waals surface area contributed by atoms with Gasteiger partial charge < -0.3 is 5.32 Å². The van der Waals surface area contributed by atoms with Crippen LogP contribution in [0.25, 0.3) is 0 Å². The summed E-state index contributed by atoms with van der Waals surface area (Å²) in [6.45, 7) is 2.18. The van der Waals surface area contributed by atoms with E-state index in [-0.39, 0.29) is 18.4 Å². The molecular weight excluding hydrogens is 328 g/mol. The van der Waals surface area contributed by atoms with E-state index in [4.69, 9.17) is 0 Å². The monoisotopic (exact) mass is 360 g/mol. The molecule has 1 rings (SSSR count). The minimum absolute atomic E-state index is 0.0516. The fraction of sp³-hybridized carbons (Fsp3) is 0.600. The summed E-state index contributed by atoms with van der Waals surface area (Å²) in [4.78, 5) is 27.2. The molecule has 0 unspecified atom stereocenters. The number of rotatable bonds is 14. The van der Waals surface area contributed by atoms with Crippen LogP contribution >= 0.6 is 0 Å². The number of nitrogens with zero attached hydrogens (tertiary/aromatic N) is 2. The number of hydrazone groups is 1. The zero-order chi connectivity index (χ0) is 18.9. The molecule has 0 radical (unpaired) electrons. The topological polar surface area (TPSA) is 83.5 Å². The number of hydrogen-bond donors (Lipinski definition) is 2. The summed E-state index contributed by atoms with van der Waals surface area (Å²) < 4.78 is 0. The van der Waals surface area contributed by atoms with Crippen LogP contribution in [-0.2, 0) is 9.59 Å². The lowest BCUT2D eigenvalue weighted by atomic mass is 10.1. The molecule has 1 heterocycles. The van der Waals surface area contributed by atoms with Crippen molar-refractivity contribution in [1.29, 1.82) is 0 Å². The summed E-state index contributed by atoms with van der Waals surface area (Å²) in [5.41, 5.74) is 3.23. The third kappa shape index (κ3) is 12.2. The smallest absolute Gasteiger partial charge is 0.259 e. The lowest BCUT2D eigenvalue weighted by molar-refractivity contribution is -0.126. The second-order valence-electron chi connectivity index (χ2n) is 6.43. The second kappa shape index (κ2) is 15.0. The predicted octanol–water partition coefficient (Wildman–Crippen LogP) is 3.57. The molecule has 0 spiro atoms. The van der Waals surface area contributed by atoms with Crippen LogP contribution in [0.1, 0.15) is 76.7 Å². The molecular formula is C20H32N4O2. The molecule has 0 aliphatic carbocycles. The van der Waals surface area contributed by atoms with Crippen LogP contribution in [-0.4, -0.2) is 29.6 Å². The fourth-order valence-electron chi connectivity index (χ4n) is 2.53. The van der Waals surface area contributed by atoms with E-state index in [0.29, 0.717) is 6.42 Å². The van der Waals surface area contributed by atoms with Gasteiger partial charge in [0.1, 0.15) is 0 Å². The average molecular weight is 361 g/mol. The Labute approximate surface area is 156 Å². The predicted molar refractivity (Wildman–Crippen MR) is 105 cm³/mol. The Morgan fingerprint density at radius 2 is 1.58 bits per heavy atom. The maximum absolute atomic E-state index is 11.7. The summed E-state index contributed by atoms with van der Waals surface area (Å²) in [6.07, 6.45) is 16.3. The number of carbonyl (C=O) groups is 2. The van der Waals surface area contributed by atoms with Gasteiger partial charge in [0.25, 0.3) is 5.91 Å². The van der Waals surface area contributed by atoms with Crippen LogP contribution in [0.2, 0.25) is 0 Å². The standard InChI is InChI=1S/C20H32N4O2/c1-2-3-4-5-6-7-8-9-10-11-19(25)22-17-20(26)24-23-16-18-12-14-21-15-13-18/h12-16H,2-11,17H2,1H3,(H,22,25)(H,24,26)/b23-16-. The Morgan fingerprint density at radius 3 is 2.23 bits per heavy atom. The lowest BCUT2D eigenvalue weighted by Gasteiger charge is -2.04. The Balaban J connectivity index is 1.97. The highest BCUT2D eigenvalue weighted by Crippen LogP contribution is 2.10. The van der Waals surface area contributed by atoms with Gasteiger partial charge in [0.15, 0.2) is 0 Å². The van der Waals surface area contributed by atoms with E-state index in [2.05, 4.69) is 27.8 Å². The van der Waals surface area contributed by atoms with Crippen LogP contribution in [0, 0.1) is 0 Å². The molecule has 0 bridgehead atoms. The molecule has 0 aliphatic rings. The number of nitrogens with one attached hydrogen (secondary N) is 2. The molecule has 2 N–H and O–H groups in total. The molecule has 0 saturated carbocycles. The van der Waals surface area contributed by atoms with Crippen molar-refractivity contribution in [2.24, 2.45) is 5.10 Å². The number of aromatic nitrogens is 1. The molecule has 144 valence electrons. The highest BCUT2D eigenvalue weighted by molar-refractivity contribution is 5.86. The first-order valence-electron chi connectivity index (χ1n) is 9.71. The first-order valence-corrected chi connectivity index (χ1v) is 9.71. The van der Waals surface area contributed by atoms with Gasteiger partial charge in [-0.25, -0.2) is 5.43 Å². The molecule has 6 heteroatoms. The van der Waals surface area contributed by atoms with Gasteiger partial charge >= 0.3 is 0 Å². The number of pyridine rings is 1. The molecule has 0 fully saturated rings. The molecule has 0 aliphatic heterocycles. The largest absolute Gasteiger partial charge is 0.347 e. The Morgan fingerprint density at radius 1 is 0.962 bits per heavy atom. The van der Waals surface area contributed by atoms with E-state index in [0.717, 1.165) is 18.4 Å². The number of carbonyl (C=O) groups excluding carboxylic acids is 2. The zero-order valence-corrected chi connectivity index (χ0v) is 15.9. The van der Waals surface area contributed by atoms with E-state index in [1.54, 1.807) is 24.5 Å². The van der Waals surface area contributed by atoms with Crippen molar-refractivity contribution in [1.82, 2.24) is 15.7 Å². The average Bonchev–Trinajstić information content (AvgIpc) is 2.66. The number of unbranched alkanes of at least 4 members (excludes halogenated alkanes) is 8. The summed E-state index contributed by atoms with van der Waals surface area (Å²) in [5, 5.41) is 6.46. The second-order valence-corrected chi connectivity index (χ2v) is 6.43. The van der Waals surface area contributed by atoms with E-state index in [1.165, 1.54) is 51.2 Å². The molecule has 26 heavy (non-hydrogen) atoms. The van der Waals surface area contributed by atoms with Crippen molar-refractivity contribution >= 4 is 18.0 Å². The first-order chi connectivity index (χ1) is 12.7. The van der Waals surface area contributed by atoms with E-state index in [1.807, 2.05) is 0 Å². The van der Waals surface area contributed by atoms with Crippen molar-refractivity contribution in [3.8, 4) is 0 Å². The molecule has 0 aromatic carbocycles. The molecule has 1 aromatic rings. The van der Waals surface area contributed by atoms with Gasteiger partial charge in [-0.1, -0.05) is 58.3 Å². The minimum Gasteiger partial charge on any atom is -0.347 e. The van der Waals surface area contributed by atoms with Crippen molar-refractivity contribution in [2.45, 2.75) is 71.1 Å². The van der Waals surface area contributed by atoms with Crippen molar-refractivity contribution in [3.63, 3.8) is 0 Å². The summed E-state index contributed by atoms with van der Waals surface area (Å²) in [6, 6.07) is 3.56. The van der Waals surface area contributed by atoms with Gasteiger partial charge in [0, 0.05) is 18.8 Å². The van der Waals surface area contributed by atoms with Gasteiger partial charge in [-0.2, -0.15) is 5.10 Å². The Hall–Kier alpha value is -2.24. The summed E-state index contributed by atoms with van der Waals surface area (Å²) >= 11 is 0. The van der Waals surface area contributed by atoms with Crippen LogP contribution in [0.3, 0.4) is 0 Å². The maximum atomic E-state index is 11.7. The Bertz CT molecular complexity index is 532. The van der Waals surface area contributed by atoms with Crippen molar-refractivity contribution in [3.05, 3.63) is 30.1 Å². The van der Waals surface area contributed by atoms with E-state index in [9.17, 15) is 9.59 Å². The molecule has 0 saturated heterocycles. The van der Waals surface area contributed by atoms with Gasteiger partial charge in [0.05, 0.1) is 12.8 Å². The zero-order valence-electron chi connectivity index (χ0n) is 15.9. The third-order valence-electron chi connectivity index (χ3n) is 4.06. The first kappa shape index (κ1) is 21.8. The molecule has 2 amide bonds. The van der Waals surface area contributed by atoms with Crippen LogP contribution in [0.15, 0.2) is 29.6 Å². The highest BCUT2D eigenvalue weighted by atomic mass is 16.2. The Kier molecular flexibility index (Phi) is 12.6. The van der Waals surface area contributed by atoms with Gasteiger partial charge in [-0.3, -0.25) is 14.6 Å². The van der Waals surface area contributed by atoms with Gasteiger partial charge in [0.2, 0.25) is 5.91 Å². The van der Waals surface area contributed by atoms with E-state index >= 15 is 0 Å². The molecule has 0 atom stereocenters. The van der Waals surface area contributed by atoms with E-state index < -0.39 is 0 Å². The van der Waals surface area contributed by atoms with Gasteiger partial charge in [-0.05, 0) is 24.1 Å². The van der Waals surface area contributed by atoms with Crippen molar-refractivity contribution < 1.29 is 9.59 Å². The number of amides is 2. The lowest BCUT2D eigenvalue weighted by Crippen LogP contribution is -2.34. The van der Waals surface area contributed by atoms with Crippen molar-refractivity contribution in [2.75, 3.05) is 6.54 Å². The maximum Gasteiger partial charge on any atom is 0.259 e. The normalized spacial score (nSPS) is 10.8. The summed E-state index contributed by atoms with van der Waals surface area (Å²) in [7, 11) is 0. The fourth-order valence-corrected chi connectivity index (χ4v) is 2.53. The quantitative estimate of drug-likeness (QED) is 0.302. The van der Waals surface area contributed by atoms with Crippen LogP contribution in [0.4, 0.5) is 0 Å². The van der Waals surface area contributed by atoms with Crippen LogP contribution in [0.5, 0.6) is 0 Å². The highest BCUT2D eigenvalue weighted by Gasteiger charge is 2.04. The third-order valence-corrected chi connectivity index (χ3v) is 4.06. The molecule has 1 aromatic heterocycles. The number of hydrogen-bond acceptors (Lipinski definition) is 4. The van der Waals surface area contributed by atoms with Gasteiger partial charge in [-0.15, -0.1) is 0 Å².